The molecule has 35 heavy (non-hydrogen) atoms. The number of hydrogen-bond donors (Lipinski definition) is 2. The monoisotopic (exact) mass is 472 g/mol. The van der Waals surface area contributed by atoms with Crippen LogP contribution in [0.5, 0.6) is 0 Å². The van der Waals surface area contributed by atoms with Crippen molar-refractivity contribution in [1.29, 1.82) is 0 Å². The van der Waals surface area contributed by atoms with Gasteiger partial charge in [0.1, 0.15) is 5.82 Å². The molecule has 5 atom stereocenters. The fraction of sp³-hybridized carbons (Fsp3) is 0.467. The molecule has 1 aliphatic heterocycles. The van der Waals surface area contributed by atoms with E-state index in [1.165, 1.54) is 43.7 Å². The Morgan fingerprint density at radius 1 is 1.00 bits per heavy atom. The number of allylic oxidation sites excluding steroid dienone is 2. The SMILES string of the molecule is O=C(CC1=CCC2C(CCCC3CCC32)C1)c1cc(CC2NNC(=O)c3ccccc32)ccc1F. The Labute approximate surface area is 206 Å². The maximum Gasteiger partial charge on any atom is 0.265 e. The van der Waals surface area contributed by atoms with Crippen molar-refractivity contribution in [3.05, 3.63) is 82.2 Å². The van der Waals surface area contributed by atoms with Gasteiger partial charge in [-0.15, -0.1) is 0 Å². The number of benzene rings is 2. The van der Waals surface area contributed by atoms with Crippen LogP contribution < -0.4 is 10.9 Å². The van der Waals surface area contributed by atoms with Crippen LogP contribution in [0.1, 0.15) is 89.3 Å². The molecule has 1 heterocycles. The molecule has 0 spiro atoms. The number of rotatable bonds is 5. The fourth-order valence-corrected chi connectivity index (χ4v) is 7.13. The lowest BCUT2D eigenvalue weighted by atomic mass is 9.61. The van der Waals surface area contributed by atoms with Gasteiger partial charge in [0.15, 0.2) is 5.78 Å². The molecular formula is C30H33FN2O2. The summed E-state index contributed by atoms with van der Waals surface area (Å²) in [5.74, 6) is 2.59. The Morgan fingerprint density at radius 2 is 1.86 bits per heavy atom. The molecule has 5 unspecified atom stereocenters. The molecule has 0 saturated heterocycles. The van der Waals surface area contributed by atoms with Crippen molar-refractivity contribution in [1.82, 2.24) is 10.9 Å². The van der Waals surface area contributed by atoms with Crippen LogP contribution >= 0.6 is 0 Å². The first-order chi connectivity index (χ1) is 17.1. The molecule has 4 nitrogen and oxygen atoms in total. The van der Waals surface area contributed by atoms with Gasteiger partial charge in [-0.05, 0) is 91.5 Å². The average Bonchev–Trinajstić information content (AvgIpc) is 2.97. The highest BCUT2D eigenvalue weighted by Gasteiger charge is 2.42. The molecule has 2 fully saturated rings. The number of carbonyl (C=O) groups is 2. The van der Waals surface area contributed by atoms with E-state index in [4.69, 9.17) is 0 Å². The molecule has 3 aliphatic carbocycles. The van der Waals surface area contributed by atoms with Crippen molar-refractivity contribution in [3.63, 3.8) is 0 Å². The van der Waals surface area contributed by atoms with Crippen LogP contribution in [0.3, 0.4) is 0 Å². The minimum Gasteiger partial charge on any atom is -0.294 e. The highest BCUT2D eigenvalue weighted by atomic mass is 19.1. The van der Waals surface area contributed by atoms with Crippen molar-refractivity contribution in [2.75, 3.05) is 0 Å². The summed E-state index contributed by atoms with van der Waals surface area (Å²) in [6.07, 6.45) is 12.0. The van der Waals surface area contributed by atoms with Crippen LogP contribution in [0.15, 0.2) is 54.1 Å². The Bertz CT molecular complexity index is 1190. The molecule has 6 rings (SSSR count). The summed E-state index contributed by atoms with van der Waals surface area (Å²) in [7, 11) is 0. The van der Waals surface area contributed by atoms with Crippen LogP contribution in [0.2, 0.25) is 0 Å². The number of ketones is 1. The quantitative estimate of drug-likeness (QED) is 0.409. The molecule has 5 heteroatoms. The van der Waals surface area contributed by atoms with Crippen molar-refractivity contribution < 1.29 is 14.0 Å². The first kappa shape index (κ1) is 22.7. The second-order valence-electron chi connectivity index (χ2n) is 11.0. The maximum absolute atomic E-state index is 14.8. The van der Waals surface area contributed by atoms with Gasteiger partial charge in [-0.1, -0.05) is 48.8 Å². The summed E-state index contributed by atoms with van der Waals surface area (Å²) >= 11 is 0. The van der Waals surface area contributed by atoms with Crippen molar-refractivity contribution in [3.8, 4) is 0 Å². The summed E-state index contributed by atoms with van der Waals surface area (Å²) < 4.78 is 14.8. The highest BCUT2D eigenvalue weighted by molar-refractivity contribution is 5.98. The van der Waals surface area contributed by atoms with E-state index in [1.54, 1.807) is 18.2 Å². The topological polar surface area (TPSA) is 58.2 Å². The van der Waals surface area contributed by atoms with Gasteiger partial charge in [0.05, 0.1) is 11.6 Å². The number of halogens is 1. The smallest absolute Gasteiger partial charge is 0.265 e. The van der Waals surface area contributed by atoms with E-state index in [-0.39, 0.29) is 23.3 Å². The third-order valence-electron chi connectivity index (χ3n) is 9.08. The van der Waals surface area contributed by atoms with E-state index in [2.05, 4.69) is 16.9 Å². The molecule has 2 aromatic rings. The number of amides is 1. The molecule has 0 radical (unpaired) electrons. The van der Waals surface area contributed by atoms with Crippen LogP contribution in [-0.4, -0.2) is 11.7 Å². The van der Waals surface area contributed by atoms with Gasteiger partial charge in [0, 0.05) is 12.0 Å². The van der Waals surface area contributed by atoms with Gasteiger partial charge >= 0.3 is 0 Å². The lowest BCUT2D eigenvalue weighted by Gasteiger charge is -2.44. The lowest BCUT2D eigenvalue weighted by Crippen LogP contribution is -2.46. The molecule has 182 valence electrons. The van der Waals surface area contributed by atoms with Crippen LogP contribution in [-0.2, 0) is 6.42 Å². The second kappa shape index (κ2) is 9.34. The van der Waals surface area contributed by atoms with Crippen molar-refractivity contribution >= 4 is 11.7 Å². The number of hydrogen-bond acceptors (Lipinski definition) is 3. The minimum absolute atomic E-state index is 0.130. The van der Waals surface area contributed by atoms with Gasteiger partial charge in [-0.3, -0.25) is 15.0 Å². The van der Waals surface area contributed by atoms with E-state index >= 15 is 0 Å². The van der Waals surface area contributed by atoms with Gasteiger partial charge in [0.2, 0.25) is 0 Å². The van der Waals surface area contributed by atoms with Gasteiger partial charge in [0.25, 0.3) is 5.91 Å². The molecule has 2 saturated carbocycles. The number of fused-ring (bicyclic) bond motifs is 4. The molecule has 0 aromatic heterocycles. The summed E-state index contributed by atoms with van der Waals surface area (Å²) in [5, 5.41) is 0. The number of nitrogens with one attached hydrogen (secondary N) is 2. The molecule has 4 aliphatic rings. The number of carbonyl (C=O) groups excluding carboxylic acids is 2. The third-order valence-corrected chi connectivity index (χ3v) is 9.08. The summed E-state index contributed by atoms with van der Waals surface area (Å²) in [6, 6.07) is 12.2. The lowest BCUT2D eigenvalue weighted by molar-refractivity contribution is 0.0773. The zero-order chi connectivity index (χ0) is 23.9. The first-order valence-electron chi connectivity index (χ1n) is 13.2. The van der Waals surface area contributed by atoms with E-state index in [9.17, 15) is 14.0 Å². The average molecular weight is 473 g/mol. The summed E-state index contributed by atoms with van der Waals surface area (Å²) in [4.78, 5) is 25.4. The maximum atomic E-state index is 14.8. The fourth-order valence-electron chi connectivity index (χ4n) is 7.13. The van der Waals surface area contributed by atoms with E-state index in [0.29, 0.717) is 24.3 Å². The minimum atomic E-state index is -0.454. The molecular weight excluding hydrogens is 439 g/mol. The first-order valence-corrected chi connectivity index (χ1v) is 13.2. The van der Waals surface area contributed by atoms with Crippen LogP contribution in [0, 0.1) is 29.5 Å². The molecule has 2 aromatic carbocycles. The Morgan fingerprint density at radius 3 is 2.71 bits per heavy atom. The van der Waals surface area contributed by atoms with Crippen LogP contribution in [0.25, 0.3) is 0 Å². The second-order valence-corrected chi connectivity index (χ2v) is 11.0. The summed E-state index contributed by atoms with van der Waals surface area (Å²) in [6.45, 7) is 0. The highest BCUT2D eigenvalue weighted by Crippen LogP contribution is 2.52. The van der Waals surface area contributed by atoms with Crippen molar-refractivity contribution in [2.45, 2.75) is 63.8 Å². The Kier molecular flexibility index (Phi) is 6.05. The Hall–Kier alpha value is -2.79. The molecule has 2 N–H and O–H groups in total. The van der Waals surface area contributed by atoms with E-state index in [0.717, 1.165) is 41.7 Å². The van der Waals surface area contributed by atoms with Crippen molar-refractivity contribution in [2.24, 2.45) is 23.7 Å². The predicted octanol–water partition coefficient (Wildman–Crippen LogP) is 6.09. The molecule has 1 amide bonds. The predicted molar refractivity (Wildman–Crippen MR) is 133 cm³/mol. The molecule has 0 bridgehead atoms. The largest absolute Gasteiger partial charge is 0.294 e. The standard InChI is InChI=1S/C30H33FN2O2/c31-27-13-9-19(16-28-24-6-1-2-7-25(24)30(35)33-32-28)15-26(27)29(34)17-18-8-11-23-21(14-18)5-3-4-20-10-12-22(20)23/h1-2,6-9,13,15,20-23,28,32H,3-5,10-12,14,16-17H2,(H,33,35). The van der Waals surface area contributed by atoms with Gasteiger partial charge in [-0.2, -0.15) is 0 Å². The normalized spacial score (nSPS) is 29.5. The van der Waals surface area contributed by atoms with E-state index < -0.39 is 5.82 Å². The third kappa shape index (κ3) is 4.35. The Balaban J connectivity index is 1.16. The van der Waals surface area contributed by atoms with Gasteiger partial charge in [-0.25, -0.2) is 9.82 Å². The van der Waals surface area contributed by atoms with E-state index in [1.807, 2.05) is 18.2 Å². The van der Waals surface area contributed by atoms with Gasteiger partial charge < -0.3 is 0 Å². The zero-order valence-electron chi connectivity index (χ0n) is 20.1. The zero-order valence-corrected chi connectivity index (χ0v) is 20.1. The number of Topliss-reactive ketones (excluding diaryl/α,β-unsaturated/α-hetero) is 1. The van der Waals surface area contributed by atoms with Crippen LogP contribution in [0.4, 0.5) is 4.39 Å². The summed E-state index contributed by atoms with van der Waals surface area (Å²) in [5.41, 5.74) is 9.57. The number of hydrazine groups is 1.